The predicted octanol–water partition coefficient (Wildman–Crippen LogP) is 2.96. The van der Waals surface area contributed by atoms with Crippen molar-refractivity contribution >= 4 is 17.6 Å². The molecule has 0 atom stereocenters. The molecule has 0 fully saturated rings. The number of carboxylic acids is 1. The molecule has 0 bridgehead atoms. The Bertz CT molecular complexity index is 755. The van der Waals surface area contributed by atoms with Crippen molar-refractivity contribution < 1.29 is 24.2 Å². The number of methoxy groups -OCH3 is 2. The Morgan fingerprint density at radius 3 is 2.39 bits per heavy atom. The van der Waals surface area contributed by atoms with E-state index in [2.05, 4.69) is 5.32 Å². The summed E-state index contributed by atoms with van der Waals surface area (Å²) >= 11 is 0. The summed E-state index contributed by atoms with van der Waals surface area (Å²) in [5.74, 6) is -0.506. The van der Waals surface area contributed by atoms with Crippen LogP contribution in [0.4, 0.5) is 5.69 Å². The van der Waals surface area contributed by atoms with Gasteiger partial charge in [-0.1, -0.05) is 6.07 Å². The first-order valence-electron chi connectivity index (χ1n) is 6.83. The molecule has 0 saturated heterocycles. The zero-order valence-electron chi connectivity index (χ0n) is 13.0. The number of ether oxygens (including phenoxy) is 2. The molecular formula is C17H17NO5. The van der Waals surface area contributed by atoms with Gasteiger partial charge in [0.15, 0.2) is 0 Å². The largest absolute Gasteiger partial charge is 0.497 e. The minimum absolute atomic E-state index is 0.104. The van der Waals surface area contributed by atoms with Crippen LogP contribution in [0.5, 0.6) is 11.5 Å². The van der Waals surface area contributed by atoms with Gasteiger partial charge in [-0.3, -0.25) is 4.79 Å². The molecule has 23 heavy (non-hydrogen) atoms. The highest BCUT2D eigenvalue weighted by Gasteiger charge is 2.15. The van der Waals surface area contributed by atoms with Crippen molar-refractivity contribution in [1.82, 2.24) is 0 Å². The van der Waals surface area contributed by atoms with Crippen LogP contribution in [-0.2, 0) is 0 Å². The zero-order valence-corrected chi connectivity index (χ0v) is 13.0. The molecular weight excluding hydrogens is 298 g/mol. The van der Waals surface area contributed by atoms with Gasteiger partial charge >= 0.3 is 5.97 Å². The van der Waals surface area contributed by atoms with E-state index in [0.29, 0.717) is 22.7 Å². The molecule has 0 aliphatic rings. The number of rotatable bonds is 5. The number of aromatic carboxylic acids is 1. The minimum Gasteiger partial charge on any atom is -0.497 e. The second-order valence-electron chi connectivity index (χ2n) is 4.86. The van der Waals surface area contributed by atoms with E-state index < -0.39 is 11.9 Å². The first kappa shape index (κ1) is 16.4. The lowest BCUT2D eigenvalue weighted by Crippen LogP contribution is -2.14. The van der Waals surface area contributed by atoms with E-state index in [0.717, 1.165) is 5.56 Å². The summed E-state index contributed by atoms with van der Waals surface area (Å²) < 4.78 is 10.3. The average molecular weight is 315 g/mol. The molecule has 6 heteroatoms. The summed E-state index contributed by atoms with van der Waals surface area (Å²) in [5, 5.41) is 11.8. The fourth-order valence-electron chi connectivity index (χ4n) is 2.07. The summed E-state index contributed by atoms with van der Waals surface area (Å²) in [6, 6.07) is 9.40. The van der Waals surface area contributed by atoms with Gasteiger partial charge in [0.1, 0.15) is 11.5 Å². The van der Waals surface area contributed by atoms with Gasteiger partial charge in [0.05, 0.1) is 25.3 Å². The summed E-state index contributed by atoms with van der Waals surface area (Å²) in [5.41, 5.74) is 1.63. The van der Waals surface area contributed by atoms with E-state index >= 15 is 0 Å². The van der Waals surface area contributed by atoms with Crippen LogP contribution in [0.25, 0.3) is 0 Å². The first-order chi connectivity index (χ1) is 11.0. The fraction of sp³-hybridized carbons (Fsp3) is 0.176. The van der Waals surface area contributed by atoms with E-state index in [1.165, 1.54) is 26.4 Å². The molecule has 1 amide bonds. The Morgan fingerprint density at radius 1 is 1.04 bits per heavy atom. The third kappa shape index (κ3) is 3.60. The van der Waals surface area contributed by atoms with Crippen molar-refractivity contribution in [2.75, 3.05) is 19.5 Å². The number of anilines is 1. The van der Waals surface area contributed by atoms with Crippen molar-refractivity contribution in [2.45, 2.75) is 6.92 Å². The Hall–Kier alpha value is -3.02. The van der Waals surface area contributed by atoms with E-state index in [4.69, 9.17) is 14.6 Å². The van der Waals surface area contributed by atoms with E-state index in [1.807, 2.05) is 0 Å². The Kier molecular flexibility index (Phi) is 4.85. The predicted molar refractivity (Wildman–Crippen MR) is 85.6 cm³/mol. The van der Waals surface area contributed by atoms with E-state index in [9.17, 15) is 9.59 Å². The Labute approximate surface area is 133 Å². The monoisotopic (exact) mass is 315 g/mol. The maximum atomic E-state index is 12.4. The molecule has 2 aromatic rings. The quantitative estimate of drug-likeness (QED) is 0.886. The van der Waals surface area contributed by atoms with Gasteiger partial charge in [-0.15, -0.1) is 0 Å². The van der Waals surface area contributed by atoms with Gasteiger partial charge in [0.25, 0.3) is 5.91 Å². The average Bonchev–Trinajstić information content (AvgIpc) is 2.55. The molecule has 2 rings (SSSR count). The van der Waals surface area contributed by atoms with Gasteiger partial charge in [-0.2, -0.15) is 0 Å². The third-order valence-corrected chi connectivity index (χ3v) is 3.39. The van der Waals surface area contributed by atoms with Gasteiger partial charge in [-0.05, 0) is 36.8 Å². The van der Waals surface area contributed by atoms with Crippen molar-refractivity contribution in [3.8, 4) is 11.5 Å². The van der Waals surface area contributed by atoms with Crippen LogP contribution in [0, 0.1) is 6.92 Å². The number of benzene rings is 2. The second kappa shape index (κ2) is 6.83. The number of hydrogen-bond donors (Lipinski definition) is 2. The molecule has 0 aliphatic carbocycles. The number of carboxylic acid groups (broad SMARTS) is 1. The zero-order chi connectivity index (χ0) is 17.0. The molecule has 6 nitrogen and oxygen atoms in total. The molecule has 0 saturated carbocycles. The fourth-order valence-corrected chi connectivity index (χ4v) is 2.07. The lowest BCUT2D eigenvalue weighted by molar-refractivity contribution is 0.0696. The summed E-state index contributed by atoms with van der Waals surface area (Å²) in [7, 11) is 2.98. The standard InChI is InChI=1S/C17H17NO5/c1-10-4-5-11(17(20)21)8-14(10)18-16(19)13-7-6-12(22-2)9-15(13)23-3/h4-9H,1-3H3,(H,18,19)(H,20,21). The van der Waals surface area contributed by atoms with Crippen LogP contribution in [-0.4, -0.2) is 31.2 Å². The maximum Gasteiger partial charge on any atom is 0.335 e. The molecule has 0 heterocycles. The van der Waals surface area contributed by atoms with Crippen molar-refractivity contribution in [1.29, 1.82) is 0 Å². The third-order valence-electron chi connectivity index (χ3n) is 3.39. The normalized spacial score (nSPS) is 10.0. The number of amides is 1. The molecule has 0 unspecified atom stereocenters. The van der Waals surface area contributed by atoms with Crippen LogP contribution in [0.15, 0.2) is 36.4 Å². The van der Waals surface area contributed by atoms with Crippen molar-refractivity contribution in [2.24, 2.45) is 0 Å². The summed E-state index contributed by atoms with van der Waals surface area (Å²) in [6.07, 6.45) is 0. The van der Waals surface area contributed by atoms with Crippen LogP contribution >= 0.6 is 0 Å². The van der Waals surface area contributed by atoms with Gasteiger partial charge in [-0.25, -0.2) is 4.79 Å². The molecule has 0 aliphatic heterocycles. The van der Waals surface area contributed by atoms with Gasteiger partial charge in [0.2, 0.25) is 0 Å². The Balaban J connectivity index is 2.32. The highest BCUT2D eigenvalue weighted by Crippen LogP contribution is 2.26. The SMILES string of the molecule is COc1ccc(C(=O)Nc2cc(C(=O)O)ccc2C)c(OC)c1. The van der Waals surface area contributed by atoms with Crippen molar-refractivity contribution in [3.63, 3.8) is 0 Å². The number of hydrogen-bond acceptors (Lipinski definition) is 4. The topological polar surface area (TPSA) is 84.9 Å². The van der Waals surface area contributed by atoms with Crippen LogP contribution < -0.4 is 14.8 Å². The molecule has 0 radical (unpaired) electrons. The van der Waals surface area contributed by atoms with Crippen LogP contribution in [0.1, 0.15) is 26.3 Å². The first-order valence-corrected chi connectivity index (χ1v) is 6.83. The highest BCUT2D eigenvalue weighted by molar-refractivity contribution is 6.07. The van der Waals surface area contributed by atoms with Crippen LogP contribution in [0.2, 0.25) is 0 Å². The second-order valence-corrected chi connectivity index (χ2v) is 4.86. The van der Waals surface area contributed by atoms with Crippen LogP contribution in [0.3, 0.4) is 0 Å². The smallest absolute Gasteiger partial charge is 0.335 e. The summed E-state index contributed by atoms with van der Waals surface area (Å²) in [4.78, 5) is 23.5. The number of nitrogens with one attached hydrogen (secondary N) is 1. The molecule has 0 spiro atoms. The molecule has 2 aromatic carbocycles. The highest BCUT2D eigenvalue weighted by atomic mass is 16.5. The minimum atomic E-state index is -1.05. The lowest BCUT2D eigenvalue weighted by Gasteiger charge is -2.12. The van der Waals surface area contributed by atoms with E-state index in [-0.39, 0.29) is 5.56 Å². The summed E-state index contributed by atoms with van der Waals surface area (Å²) in [6.45, 7) is 1.78. The van der Waals surface area contributed by atoms with Gasteiger partial charge in [0, 0.05) is 11.8 Å². The van der Waals surface area contributed by atoms with Gasteiger partial charge < -0.3 is 19.9 Å². The molecule has 0 aromatic heterocycles. The molecule has 2 N–H and O–H groups in total. The maximum absolute atomic E-state index is 12.4. The number of carbonyl (C=O) groups excluding carboxylic acids is 1. The van der Waals surface area contributed by atoms with Crippen molar-refractivity contribution in [3.05, 3.63) is 53.1 Å². The molecule has 120 valence electrons. The Morgan fingerprint density at radius 2 is 1.78 bits per heavy atom. The number of carbonyl (C=O) groups is 2. The lowest BCUT2D eigenvalue weighted by atomic mass is 10.1. The number of aryl methyl sites for hydroxylation is 1. The van der Waals surface area contributed by atoms with E-state index in [1.54, 1.807) is 31.2 Å².